The van der Waals surface area contributed by atoms with Crippen molar-refractivity contribution in [1.82, 2.24) is 5.32 Å². The molecule has 1 N–H and O–H groups in total. The van der Waals surface area contributed by atoms with E-state index in [4.69, 9.17) is 5.26 Å². The fraction of sp³-hybridized carbons (Fsp3) is 0.400. The van der Waals surface area contributed by atoms with Gasteiger partial charge in [0, 0.05) is 0 Å². The van der Waals surface area contributed by atoms with Gasteiger partial charge in [-0.15, -0.1) is 0 Å². The molecule has 0 aromatic rings. The molecule has 0 aromatic carbocycles. The minimum atomic E-state index is -0.570. The molecule has 0 aliphatic heterocycles. The molecular weight excluding hydrogens is 242 g/mol. The molecule has 92 valence electrons. The number of nitrogens with one attached hydrogen (secondary N) is 1. The Morgan fingerprint density at radius 2 is 2.35 bits per heavy atom. The average Bonchev–Trinajstić information content (AvgIpc) is 2.27. The van der Waals surface area contributed by atoms with Crippen molar-refractivity contribution >= 4 is 28.7 Å². The Labute approximate surface area is 104 Å². The molecule has 0 fully saturated rings. The number of esters is 1. The van der Waals surface area contributed by atoms with Gasteiger partial charge in [0.2, 0.25) is 0 Å². The first-order chi connectivity index (χ1) is 8.13. The molecular formula is C10H13N3O3S. The first-order valence-corrected chi connectivity index (χ1v) is 5.66. The van der Waals surface area contributed by atoms with Crippen LogP contribution in [0.1, 0.15) is 13.3 Å². The standard InChI is InChI=1S/C10H13N3O3S/c1-3-16-9(15)5-8(14)6-12-10(13-7-11)17-4-2/h4H,2-3,5-6H2,1H3,(H,12,13). The van der Waals surface area contributed by atoms with Gasteiger partial charge in [0.05, 0.1) is 6.61 Å². The normalized spacial score (nSPS) is 10.2. The van der Waals surface area contributed by atoms with E-state index in [1.165, 1.54) is 5.41 Å². The van der Waals surface area contributed by atoms with E-state index < -0.39 is 5.97 Å². The van der Waals surface area contributed by atoms with Crippen LogP contribution in [0.15, 0.2) is 17.0 Å². The number of ether oxygens (including phenoxy) is 1. The molecule has 0 amide bonds. The fourth-order valence-corrected chi connectivity index (χ4v) is 1.22. The van der Waals surface area contributed by atoms with Gasteiger partial charge in [-0.25, -0.2) is 0 Å². The maximum Gasteiger partial charge on any atom is 0.313 e. The number of nitrogens with zero attached hydrogens (tertiary/aromatic N) is 2. The lowest BCUT2D eigenvalue weighted by Crippen LogP contribution is -2.17. The second kappa shape index (κ2) is 9.42. The third-order valence-corrected chi connectivity index (χ3v) is 2.02. The number of hydrogen-bond donors (Lipinski definition) is 1. The molecule has 6 nitrogen and oxygen atoms in total. The Bertz CT molecular complexity index is 360. The summed E-state index contributed by atoms with van der Waals surface area (Å²) in [6, 6.07) is 0. The third-order valence-electron chi connectivity index (χ3n) is 1.40. The third kappa shape index (κ3) is 8.04. The van der Waals surface area contributed by atoms with Crippen LogP contribution in [-0.2, 0) is 14.3 Å². The maximum absolute atomic E-state index is 11.3. The quantitative estimate of drug-likeness (QED) is 0.189. The van der Waals surface area contributed by atoms with Gasteiger partial charge >= 0.3 is 5.97 Å². The number of carbonyl (C=O) groups is 2. The summed E-state index contributed by atoms with van der Waals surface area (Å²) in [7, 11) is 0. The van der Waals surface area contributed by atoms with Crippen LogP contribution in [0.25, 0.3) is 0 Å². The summed E-state index contributed by atoms with van der Waals surface area (Å²) in [6.07, 6.45) is 1.38. The number of rotatable bonds is 6. The lowest BCUT2D eigenvalue weighted by Gasteiger charge is -2.01. The zero-order chi connectivity index (χ0) is 13.1. The van der Waals surface area contributed by atoms with Gasteiger partial charge in [0.15, 0.2) is 17.1 Å². The summed E-state index contributed by atoms with van der Waals surface area (Å²) < 4.78 is 4.62. The first-order valence-electron chi connectivity index (χ1n) is 4.78. The van der Waals surface area contributed by atoms with Crippen molar-refractivity contribution in [1.29, 1.82) is 5.26 Å². The molecule has 0 radical (unpaired) electrons. The zero-order valence-electron chi connectivity index (χ0n) is 9.43. The summed E-state index contributed by atoms with van der Waals surface area (Å²) in [4.78, 5) is 26.1. The van der Waals surface area contributed by atoms with E-state index in [1.807, 2.05) is 0 Å². The van der Waals surface area contributed by atoms with Gasteiger partial charge in [-0.2, -0.15) is 5.26 Å². The van der Waals surface area contributed by atoms with Crippen molar-refractivity contribution in [2.24, 2.45) is 4.99 Å². The number of Topliss-reactive ketones (excluding diaryl/α,β-unsaturated/α-hetero) is 1. The smallest absolute Gasteiger partial charge is 0.313 e. The van der Waals surface area contributed by atoms with Gasteiger partial charge < -0.3 is 4.74 Å². The monoisotopic (exact) mass is 255 g/mol. The van der Waals surface area contributed by atoms with E-state index >= 15 is 0 Å². The minimum absolute atomic E-state index is 0.177. The van der Waals surface area contributed by atoms with Crippen molar-refractivity contribution in [3.05, 3.63) is 12.0 Å². The number of amidine groups is 1. The minimum Gasteiger partial charge on any atom is -0.466 e. The summed E-state index contributed by atoms with van der Waals surface area (Å²) in [5.41, 5.74) is 0. The number of carbonyl (C=O) groups excluding carboxylic acids is 2. The Balaban J connectivity index is 4.18. The Kier molecular flexibility index (Phi) is 8.42. The highest BCUT2D eigenvalue weighted by Gasteiger charge is 2.09. The topological polar surface area (TPSA) is 91.6 Å². The Morgan fingerprint density at radius 3 is 2.88 bits per heavy atom. The van der Waals surface area contributed by atoms with Crippen molar-refractivity contribution in [3.8, 4) is 6.19 Å². The van der Waals surface area contributed by atoms with E-state index in [0.717, 1.165) is 11.8 Å². The number of nitriles is 1. The second-order valence-corrected chi connectivity index (χ2v) is 3.62. The van der Waals surface area contributed by atoms with Crippen LogP contribution in [0.3, 0.4) is 0 Å². The van der Waals surface area contributed by atoms with Crippen molar-refractivity contribution in [3.63, 3.8) is 0 Å². The molecule has 0 bridgehead atoms. The number of ketones is 1. The van der Waals surface area contributed by atoms with Crippen LogP contribution in [-0.4, -0.2) is 30.1 Å². The molecule has 0 aliphatic rings. The summed E-state index contributed by atoms with van der Waals surface area (Å²) in [5.74, 6) is -0.941. The Morgan fingerprint density at radius 1 is 1.65 bits per heavy atom. The molecule has 0 saturated heterocycles. The van der Waals surface area contributed by atoms with Gasteiger partial charge in [-0.1, -0.05) is 18.3 Å². The van der Waals surface area contributed by atoms with Gasteiger partial charge in [0.1, 0.15) is 13.0 Å². The molecule has 17 heavy (non-hydrogen) atoms. The lowest BCUT2D eigenvalue weighted by molar-refractivity contribution is -0.145. The predicted octanol–water partition coefficient (Wildman–Crippen LogP) is 0.812. The van der Waals surface area contributed by atoms with Crippen LogP contribution in [0, 0.1) is 11.5 Å². The molecule has 0 unspecified atom stereocenters. The first kappa shape index (κ1) is 15.2. The molecule has 0 heterocycles. The van der Waals surface area contributed by atoms with E-state index in [-0.39, 0.29) is 30.5 Å². The molecule has 0 spiro atoms. The van der Waals surface area contributed by atoms with E-state index in [0.29, 0.717) is 0 Å². The molecule has 0 aliphatic carbocycles. The zero-order valence-corrected chi connectivity index (χ0v) is 10.2. The molecule has 0 atom stereocenters. The number of hydrogen-bond acceptors (Lipinski definition) is 6. The van der Waals surface area contributed by atoms with Crippen LogP contribution >= 0.6 is 11.8 Å². The van der Waals surface area contributed by atoms with Crippen LogP contribution in [0.4, 0.5) is 0 Å². The van der Waals surface area contributed by atoms with Crippen LogP contribution in [0.5, 0.6) is 0 Å². The highest BCUT2D eigenvalue weighted by atomic mass is 32.2. The van der Waals surface area contributed by atoms with Crippen molar-refractivity contribution in [2.75, 3.05) is 13.2 Å². The van der Waals surface area contributed by atoms with E-state index in [2.05, 4.69) is 21.6 Å². The van der Waals surface area contributed by atoms with E-state index in [1.54, 1.807) is 13.1 Å². The van der Waals surface area contributed by atoms with Gasteiger partial charge in [-0.3, -0.25) is 19.9 Å². The molecule has 0 saturated carbocycles. The Hall–Kier alpha value is -1.81. The molecule has 0 aromatic heterocycles. The van der Waals surface area contributed by atoms with Gasteiger partial charge in [0.25, 0.3) is 0 Å². The predicted molar refractivity (Wildman–Crippen MR) is 65.1 cm³/mol. The summed E-state index contributed by atoms with van der Waals surface area (Å²) in [5, 5.41) is 12.4. The van der Waals surface area contributed by atoms with Crippen LogP contribution < -0.4 is 5.32 Å². The van der Waals surface area contributed by atoms with Crippen molar-refractivity contribution < 1.29 is 14.3 Å². The molecule has 7 heteroatoms. The van der Waals surface area contributed by atoms with Gasteiger partial charge in [-0.05, 0) is 12.3 Å². The van der Waals surface area contributed by atoms with Crippen molar-refractivity contribution in [2.45, 2.75) is 13.3 Å². The second-order valence-electron chi connectivity index (χ2n) is 2.66. The average molecular weight is 255 g/mol. The summed E-state index contributed by atoms with van der Waals surface area (Å²) >= 11 is 1.08. The summed E-state index contributed by atoms with van der Waals surface area (Å²) in [6.45, 7) is 5.18. The largest absolute Gasteiger partial charge is 0.466 e. The SMILES string of the molecule is C=CSC(=NCC(=O)CC(=O)OCC)NC#N. The maximum atomic E-state index is 11.3. The number of aliphatic imine (C=N–C) groups is 1. The van der Waals surface area contributed by atoms with E-state index in [9.17, 15) is 9.59 Å². The molecule has 0 rings (SSSR count). The fourth-order valence-electron chi connectivity index (χ4n) is 0.822. The highest BCUT2D eigenvalue weighted by Crippen LogP contribution is 2.02. The highest BCUT2D eigenvalue weighted by molar-refractivity contribution is 8.16. The lowest BCUT2D eigenvalue weighted by atomic mass is 10.3. The number of thioether (sulfide) groups is 1. The van der Waals surface area contributed by atoms with Crippen LogP contribution in [0.2, 0.25) is 0 Å².